The predicted molar refractivity (Wildman–Crippen MR) is 96.6 cm³/mol. The van der Waals surface area contributed by atoms with Crippen LogP contribution in [-0.2, 0) is 14.3 Å². The zero-order valence-electron chi connectivity index (χ0n) is 14.6. The molecule has 7 heteroatoms. The number of terminal acetylenes is 1. The second-order valence-electron chi connectivity index (χ2n) is 6.15. The molecule has 1 aliphatic carbocycles. The van der Waals surface area contributed by atoms with Crippen molar-refractivity contribution in [2.45, 2.75) is 44.8 Å². The van der Waals surface area contributed by atoms with E-state index in [0.717, 1.165) is 18.2 Å². The highest BCUT2D eigenvalue weighted by Gasteiger charge is 2.29. The van der Waals surface area contributed by atoms with E-state index < -0.39 is 5.97 Å². The number of pyridine rings is 1. The maximum Gasteiger partial charge on any atom is 0.341 e. The van der Waals surface area contributed by atoms with Crippen LogP contribution >= 0.6 is 0 Å². The summed E-state index contributed by atoms with van der Waals surface area (Å²) >= 11 is 0. The minimum absolute atomic E-state index is 0.0179. The minimum atomic E-state index is -0.416. The van der Waals surface area contributed by atoms with Crippen molar-refractivity contribution < 1.29 is 19.1 Å². The molecule has 0 spiro atoms. The number of hydrogen-bond acceptors (Lipinski definition) is 6. The van der Waals surface area contributed by atoms with Crippen LogP contribution in [0.4, 0.5) is 5.69 Å². The molecule has 7 nitrogen and oxygen atoms in total. The molecule has 3 rings (SSSR count). The summed E-state index contributed by atoms with van der Waals surface area (Å²) in [6, 6.07) is 1.94. The molecule has 26 heavy (non-hydrogen) atoms. The molecule has 1 saturated carbocycles. The van der Waals surface area contributed by atoms with Crippen LogP contribution in [0.25, 0.3) is 11.0 Å². The van der Waals surface area contributed by atoms with Crippen LogP contribution in [-0.4, -0.2) is 40.7 Å². The fraction of sp³-hybridized carbons (Fsp3) is 0.421. The summed E-state index contributed by atoms with van der Waals surface area (Å²) in [5.74, 6) is 1.50. The number of esters is 2. The average molecular weight is 355 g/mol. The molecule has 0 radical (unpaired) electrons. The Hall–Kier alpha value is -3.01. The monoisotopic (exact) mass is 355 g/mol. The first-order valence-corrected chi connectivity index (χ1v) is 8.65. The zero-order chi connectivity index (χ0) is 18.5. The first kappa shape index (κ1) is 17.8. The van der Waals surface area contributed by atoms with E-state index in [1.54, 1.807) is 13.1 Å². The van der Waals surface area contributed by atoms with Crippen molar-refractivity contribution in [1.29, 1.82) is 0 Å². The van der Waals surface area contributed by atoms with Gasteiger partial charge < -0.3 is 19.8 Å². The number of carbonyl (C=O) groups excluding carboxylic acids is 2. The van der Waals surface area contributed by atoms with Crippen LogP contribution in [0.3, 0.4) is 0 Å². The van der Waals surface area contributed by atoms with E-state index in [1.807, 2.05) is 6.07 Å². The summed E-state index contributed by atoms with van der Waals surface area (Å²) in [5.41, 5.74) is 1.78. The van der Waals surface area contributed by atoms with Gasteiger partial charge in [-0.3, -0.25) is 4.79 Å². The third kappa shape index (κ3) is 3.80. The number of nitrogens with zero attached hydrogens (tertiary/aromatic N) is 1. The molecule has 0 unspecified atom stereocenters. The van der Waals surface area contributed by atoms with Gasteiger partial charge in [-0.15, -0.1) is 6.42 Å². The summed E-state index contributed by atoms with van der Waals surface area (Å²) in [5, 5.41) is 4.24. The van der Waals surface area contributed by atoms with Crippen LogP contribution in [0.2, 0.25) is 0 Å². The molecular formula is C19H21N3O4. The van der Waals surface area contributed by atoms with Gasteiger partial charge in [-0.2, -0.15) is 0 Å². The molecule has 136 valence electrons. The molecule has 0 aromatic carbocycles. The van der Waals surface area contributed by atoms with Crippen LogP contribution in [0, 0.1) is 12.3 Å². The number of carbonyl (C=O) groups is 2. The molecule has 2 aromatic heterocycles. The second-order valence-corrected chi connectivity index (χ2v) is 6.15. The van der Waals surface area contributed by atoms with Gasteiger partial charge in [0, 0.05) is 30.2 Å². The molecular weight excluding hydrogens is 334 g/mol. The Morgan fingerprint density at radius 3 is 3.08 bits per heavy atom. The number of nitrogens with one attached hydrogen (secondary N) is 2. The van der Waals surface area contributed by atoms with Gasteiger partial charge in [0.25, 0.3) is 0 Å². The molecule has 2 atom stereocenters. The summed E-state index contributed by atoms with van der Waals surface area (Å²) in [7, 11) is 0. The Morgan fingerprint density at radius 1 is 1.46 bits per heavy atom. The molecule has 0 saturated heterocycles. The van der Waals surface area contributed by atoms with Crippen molar-refractivity contribution in [1.82, 2.24) is 9.97 Å². The number of aromatic amines is 1. The molecule has 0 amide bonds. The van der Waals surface area contributed by atoms with Crippen LogP contribution in [0.5, 0.6) is 0 Å². The van der Waals surface area contributed by atoms with Gasteiger partial charge in [0.05, 0.1) is 12.3 Å². The van der Waals surface area contributed by atoms with Crippen molar-refractivity contribution in [3.05, 3.63) is 24.0 Å². The Morgan fingerprint density at radius 2 is 2.31 bits per heavy atom. The number of aromatic nitrogens is 2. The number of ether oxygens (including phenoxy) is 2. The number of H-pyrrole nitrogens is 1. The normalized spacial score (nSPS) is 19.1. The molecule has 1 aliphatic rings. The van der Waals surface area contributed by atoms with Crippen LogP contribution < -0.4 is 5.32 Å². The Bertz CT molecular complexity index is 852. The Balaban J connectivity index is 1.77. The third-order valence-corrected chi connectivity index (χ3v) is 4.36. The predicted octanol–water partition coefficient (Wildman–Crippen LogP) is 2.64. The smallest absolute Gasteiger partial charge is 0.341 e. The number of anilines is 1. The van der Waals surface area contributed by atoms with Gasteiger partial charge in [-0.05, 0) is 25.8 Å². The summed E-state index contributed by atoms with van der Waals surface area (Å²) < 4.78 is 10.5. The van der Waals surface area contributed by atoms with E-state index in [1.165, 1.54) is 6.20 Å². The molecule has 2 aromatic rings. The zero-order valence-corrected chi connectivity index (χ0v) is 14.6. The first-order chi connectivity index (χ1) is 12.6. The van der Waals surface area contributed by atoms with E-state index in [2.05, 4.69) is 21.2 Å². The fourth-order valence-electron chi connectivity index (χ4n) is 3.22. The van der Waals surface area contributed by atoms with Gasteiger partial charge in [0.15, 0.2) is 0 Å². The Labute approximate surface area is 151 Å². The van der Waals surface area contributed by atoms with Gasteiger partial charge >= 0.3 is 11.9 Å². The van der Waals surface area contributed by atoms with E-state index in [-0.39, 0.29) is 24.5 Å². The molecule has 0 bridgehead atoms. The average Bonchev–Trinajstić information content (AvgIpc) is 3.25. The summed E-state index contributed by atoms with van der Waals surface area (Å²) in [6.45, 7) is 2.06. The van der Waals surface area contributed by atoms with Crippen LogP contribution in [0.1, 0.15) is 43.0 Å². The number of hydrogen-bond donors (Lipinski definition) is 2. The maximum absolute atomic E-state index is 12.3. The fourth-order valence-corrected chi connectivity index (χ4v) is 3.22. The Kier molecular flexibility index (Phi) is 5.42. The van der Waals surface area contributed by atoms with Gasteiger partial charge in [-0.25, -0.2) is 9.78 Å². The highest BCUT2D eigenvalue weighted by Crippen LogP contribution is 2.31. The van der Waals surface area contributed by atoms with E-state index in [0.29, 0.717) is 29.9 Å². The van der Waals surface area contributed by atoms with Gasteiger partial charge in [0.1, 0.15) is 23.7 Å². The van der Waals surface area contributed by atoms with Crippen molar-refractivity contribution >= 4 is 28.7 Å². The number of fused-ring (bicyclic) bond motifs is 1. The van der Waals surface area contributed by atoms with Gasteiger partial charge in [0.2, 0.25) is 0 Å². The third-order valence-electron chi connectivity index (χ3n) is 4.36. The maximum atomic E-state index is 12.3. The van der Waals surface area contributed by atoms with Crippen molar-refractivity contribution in [2.75, 3.05) is 11.9 Å². The highest BCUT2D eigenvalue weighted by atomic mass is 16.5. The standard InChI is InChI=1S/C19H21N3O4/c1-3-5-16(23)26-13-7-6-12(10-13)22-17-14-8-9-20-18(14)21-11-15(17)19(24)25-4-2/h1,8-9,11-13H,4-7,10H2,2H3,(H2,20,21,22)/t12-,13-/m0/s1. The summed E-state index contributed by atoms with van der Waals surface area (Å²) in [4.78, 5) is 31.2. The van der Waals surface area contributed by atoms with E-state index >= 15 is 0 Å². The molecule has 2 N–H and O–H groups in total. The van der Waals surface area contributed by atoms with Crippen LogP contribution in [0.15, 0.2) is 18.5 Å². The minimum Gasteiger partial charge on any atom is -0.462 e. The quantitative estimate of drug-likeness (QED) is 0.611. The number of rotatable bonds is 6. The van der Waals surface area contributed by atoms with Crippen molar-refractivity contribution in [3.8, 4) is 12.3 Å². The molecule has 1 fully saturated rings. The largest absolute Gasteiger partial charge is 0.462 e. The highest BCUT2D eigenvalue weighted by molar-refractivity contribution is 6.04. The lowest BCUT2D eigenvalue weighted by molar-refractivity contribution is -0.147. The van der Waals surface area contributed by atoms with Crippen molar-refractivity contribution in [2.24, 2.45) is 0 Å². The SMILES string of the molecule is C#CCC(=O)O[C@H]1CC[C@H](Nc2c(C(=O)OCC)cnc3[nH]ccc23)C1. The lowest BCUT2D eigenvalue weighted by atomic mass is 10.1. The van der Waals surface area contributed by atoms with Gasteiger partial charge in [-0.1, -0.05) is 5.92 Å². The molecule has 0 aliphatic heterocycles. The molecule has 2 heterocycles. The van der Waals surface area contributed by atoms with E-state index in [9.17, 15) is 9.59 Å². The van der Waals surface area contributed by atoms with Crippen molar-refractivity contribution in [3.63, 3.8) is 0 Å². The summed E-state index contributed by atoms with van der Waals surface area (Å²) in [6.07, 6.45) is 10.5. The lowest BCUT2D eigenvalue weighted by Crippen LogP contribution is -2.21. The van der Waals surface area contributed by atoms with E-state index in [4.69, 9.17) is 15.9 Å². The second kappa shape index (κ2) is 7.91. The first-order valence-electron chi connectivity index (χ1n) is 8.65. The topological polar surface area (TPSA) is 93.3 Å². The lowest BCUT2D eigenvalue weighted by Gasteiger charge is -2.18.